The lowest BCUT2D eigenvalue weighted by atomic mass is 9.99. The Morgan fingerprint density at radius 2 is 1.71 bits per heavy atom. The fourth-order valence-electron chi connectivity index (χ4n) is 3.85. The van der Waals surface area contributed by atoms with Gasteiger partial charge in [-0.15, -0.1) is 0 Å². The summed E-state index contributed by atoms with van der Waals surface area (Å²) in [7, 11) is 2.67. The van der Waals surface area contributed by atoms with Crippen LogP contribution in [0.1, 0.15) is 0 Å². The predicted octanol–water partition coefficient (Wildman–Crippen LogP) is 0.0671. The van der Waals surface area contributed by atoms with E-state index in [1.54, 1.807) is 0 Å². The maximum atomic E-state index is 12.8. The van der Waals surface area contributed by atoms with E-state index in [9.17, 15) is 35.4 Å². The molecule has 0 unspecified atom stereocenters. The van der Waals surface area contributed by atoms with Crippen molar-refractivity contribution in [2.75, 3.05) is 20.8 Å². The van der Waals surface area contributed by atoms with E-state index >= 15 is 0 Å². The number of fused-ring (bicyclic) bond motifs is 1. The minimum absolute atomic E-state index is 0.00968. The second-order valence-electron chi connectivity index (χ2n) is 7.78. The molecule has 12 heteroatoms. The van der Waals surface area contributed by atoms with E-state index in [-0.39, 0.29) is 45.3 Å². The number of hydrogen-bond acceptors (Lipinski definition) is 12. The fourth-order valence-corrected chi connectivity index (χ4v) is 3.85. The Morgan fingerprint density at radius 3 is 2.37 bits per heavy atom. The number of hydrogen-bond donors (Lipinski definition) is 6. The Balaban J connectivity index is 1.77. The quantitative estimate of drug-likeness (QED) is 0.272. The molecule has 3 aromatic rings. The van der Waals surface area contributed by atoms with Gasteiger partial charge >= 0.3 is 0 Å². The van der Waals surface area contributed by atoms with Crippen LogP contribution in [0.4, 0.5) is 0 Å². The summed E-state index contributed by atoms with van der Waals surface area (Å²) in [6, 6.07) is 6.48. The van der Waals surface area contributed by atoms with E-state index in [1.165, 1.54) is 38.5 Å². The number of aliphatic hydroxyl groups is 4. The van der Waals surface area contributed by atoms with Crippen LogP contribution in [0.2, 0.25) is 0 Å². The van der Waals surface area contributed by atoms with E-state index in [1.807, 2.05) is 0 Å². The maximum Gasteiger partial charge on any atom is 0.229 e. The smallest absolute Gasteiger partial charge is 0.229 e. The molecule has 6 N–H and O–H groups in total. The van der Waals surface area contributed by atoms with Gasteiger partial charge in [0.1, 0.15) is 41.3 Å². The summed E-state index contributed by atoms with van der Waals surface area (Å²) < 4.78 is 27.1. The number of para-hydroxylation sites is 1. The van der Waals surface area contributed by atoms with Gasteiger partial charge in [0.15, 0.2) is 28.3 Å². The topological polar surface area (TPSA) is 189 Å². The van der Waals surface area contributed by atoms with Gasteiger partial charge in [0.2, 0.25) is 12.0 Å². The lowest BCUT2D eigenvalue weighted by Gasteiger charge is -2.39. The highest BCUT2D eigenvalue weighted by Gasteiger charge is 2.45. The number of aromatic hydroxyl groups is 2. The van der Waals surface area contributed by atoms with Gasteiger partial charge in [-0.2, -0.15) is 0 Å². The van der Waals surface area contributed by atoms with E-state index < -0.39 is 48.5 Å². The average Bonchev–Trinajstić information content (AvgIpc) is 2.84. The van der Waals surface area contributed by atoms with E-state index in [4.69, 9.17) is 23.4 Å². The van der Waals surface area contributed by atoms with Gasteiger partial charge in [0.25, 0.3) is 0 Å². The Morgan fingerprint density at radius 1 is 0.971 bits per heavy atom. The Hall–Kier alpha value is -3.55. The predicted molar refractivity (Wildman–Crippen MR) is 119 cm³/mol. The largest absolute Gasteiger partial charge is 0.507 e. The van der Waals surface area contributed by atoms with Crippen LogP contribution in [-0.2, 0) is 4.74 Å². The van der Waals surface area contributed by atoms with Gasteiger partial charge in [-0.1, -0.05) is 6.07 Å². The molecule has 0 bridgehead atoms. The van der Waals surface area contributed by atoms with Crippen molar-refractivity contribution >= 4 is 11.0 Å². The second kappa shape index (κ2) is 9.60. The van der Waals surface area contributed by atoms with Crippen LogP contribution in [0.25, 0.3) is 22.3 Å². The van der Waals surface area contributed by atoms with Crippen molar-refractivity contribution < 1.29 is 54.0 Å². The lowest BCUT2D eigenvalue weighted by Crippen LogP contribution is -2.60. The molecule has 0 aliphatic carbocycles. The minimum Gasteiger partial charge on any atom is -0.507 e. The van der Waals surface area contributed by atoms with Crippen molar-refractivity contribution in [3.63, 3.8) is 0 Å². The molecule has 0 amide bonds. The highest BCUT2D eigenvalue weighted by atomic mass is 16.7. The molecule has 1 saturated heterocycles. The summed E-state index contributed by atoms with van der Waals surface area (Å²) in [5.41, 5.74) is -0.735. The summed E-state index contributed by atoms with van der Waals surface area (Å²) in [6.45, 7) is -0.656. The van der Waals surface area contributed by atoms with Crippen molar-refractivity contribution in [2.24, 2.45) is 0 Å². The molecule has 35 heavy (non-hydrogen) atoms. The zero-order valence-corrected chi connectivity index (χ0v) is 18.6. The number of aliphatic hydroxyl groups excluding tert-OH is 4. The number of phenols is 2. The summed E-state index contributed by atoms with van der Waals surface area (Å²) in [6.07, 6.45) is -7.71. The molecular formula is C23H24O12. The van der Waals surface area contributed by atoms with Gasteiger partial charge in [-0.05, 0) is 12.1 Å². The third kappa shape index (κ3) is 4.22. The molecule has 1 aliphatic heterocycles. The van der Waals surface area contributed by atoms with Gasteiger partial charge < -0.3 is 54.0 Å². The number of rotatable bonds is 6. The fraction of sp³-hybridized carbons (Fsp3) is 0.348. The first-order valence-corrected chi connectivity index (χ1v) is 10.4. The molecule has 1 aliphatic rings. The molecule has 4 rings (SSSR count). The van der Waals surface area contributed by atoms with Crippen molar-refractivity contribution in [1.82, 2.24) is 0 Å². The van der Waals surface area contributed by atoms with Crippen LogP contribution in [0.5, 0.6) is 28.7 Å². The highest BCUT2D eigenvalue weighted by molar-refractivity contribution is 5.92. The molecule has 12 nitrogen and oxygen atoms in total. The number of benzene rings is 2. The number of phenolic OH excluding ortho intramolecular Hbond substituents is 2. The molecule has 1 aromatic heterocycles. The van der Waals surface area contributed by atoms with Crippen molar-refractivity contribution in [3.8, 4) is 40.1 Å². The van der Waals surface area contributed by atoms with Crippen molar-refractivity contribution in [3.05, 3.63) is 40.6 Å². The van der Waals surface area contributed by atoms with Crippen LogP contribution < -0.4 is 19.6 Å². The van der Waals surface area contributed by atoms with Gasteiger partial charge in [0.05, 0.1) is 26.4 Å². The lowest BCUT2D eigenvalue weighted by molar-refractivity contribution is -0.277. The van der Waals surface area contributed by atoms with E-state index in [2.05, 4.69) is 0 Å². The highest BCUT2D eigenvalue weighted by Crippen LogP contribution is 2.43. The zero-order valence-electron chi connectivity index (χ0n) is 18.6. The number of ether oxygens (including phenoxy) is 4. The summed E-state index contributed by atoms with van der Waals surface area (Å²) in [5, 5.41) is 60.4. The van der Waals surface area contributed by atoms with Crippen LogP contribution in [0, 0.1) is 0 Å². The van der Waals surface area contributed by atoms with Crippen LogP contribution in [0.3, 0.4) is 0 Å². The third-order valence-corrected chi connectivity index (χ3v) is 5.68. The molecule has 0 radical (unpaired) electrons. The monoisotopic (exact) mass is 492 g/mol. The van der Waals surface area contributed by atoms with Crippen LogP contribution in [-0.4, -0.2) is 82.2 Å². The second-order valence-corrected chi connectivity index (χ2v) is 7.78. The first kappa shape index (κ1) is 24.6. The molecule has 2 heterocycles. The minimum atomic E-state index is -1.70. The first-order valence-electron chi connectivity index (χ1n) is 10.4. The molecule has 0 saturated carbocycles. The van der Waals surface area contributed by atoms with E-state index in [0.29, 0.717) is 0 Å². The molecule has 2 aromatic carbocycles. The van der Waals surface area contributed by atoms with Gasteiger partial charge in [-0.3, -0.25) is 4.79 Å². The molecule has 1 fully saturated rings. The van der Waals surface area contributed by atoms with Crippen molar-refractivity contribution in [1.29, 1.82) is 0 Å². The SMILES string of the molecule is COc1cc(O)c2c(=O)cc(-c3cccc(O[C@H]4O[C@@H](CO)[C@H](O)[C@H](O)[C@@H]4O)c3O)oc2c1OC. The maximum absolute atomic E-state index is 12.8. The third-order valence-electron chi connectivity index (χ3n) is 5.68. The standard InChI is InChI=1S/C23H24O12/c1-31-14-7-11(26)16-10(25)6-13(33-22(16)21(14)32-2)9-4-3-5-12(17(9)27)34-23-20(30)19(29)18(28)15(8-24)35-23/h3-7,15,18-20,23-24,26-30H,8H2,1-2H3/t15-,18-,19-,20-,23-/m0/s1. The Labute approximate surface area is 197 Å². The molecule has 188 valence electrons. The van der Waals surface area contributed by atoms with Crippen LogP contribution in [0.15, 0.2) is 39.5 Å². The van der Waals surface area contributed by atoms with E-state index in [0.717, 1.165) is 6.07 Å². The summed E-state index contributed by atoms with van der Waals surface area (Å²) in [5.74, 6) is -1.05. The van der Waals surface area contributed by atoms with Crippen molar-refractivity contribution in [2.45, 2.75) is 30.7 Å². The van der Waals surface area contributed by atoms with Crippen LogP contribution >= 0.6 is 0 Å². The molecular weight excluding hydrogens is 468 g/mol. The molecule has 0 spiro atoms. The number of methoxy groups -OCH3 is 2. The normalized spacial score (nSPS) is 24.3. The summed E-state index contributed by atoms with van der Waals surface area (Å²) >= 11 is 0. The first-order chi connectivity index (χ1) is 16.7. The zero-order chi connectivity index (χ0) is 25.4. The van der Waals surface area contributed by atoms with Gasteiger partial charge in [-0.25, -0.2) is 0 Å². The van der Waals surface area contributed by atoms with Gasteiger partial charge in [0, 0.05) is 12.1 Å². The molecule has 5 atom stereocenters. The Kier molecular flexibility index (Phi) is 6.74. The Bertz CT molecular complexity index is 1280. The average molecular weight is 492 g/mol. The summed E-state index contributed by atoms with van der Waals surface area (Å²) in [4.78, 5) is 12.8.